The number of para-hydroxylation sites is 1. The highest BCUT2D eigenvalue weighted by Crippen LogP contribution is 2.20. The van der Waals surface area contributed by atoms with E-state index >= 15 is 0 Å². The zero-order valence-corrected chi connectivity index (χ0v) is 16.3. The first-order valence-corrected chi connectivity index (χ1v) is 9.69. The fraction of sp³-hybridized carbons (Fsp3) is 0.600. The third-order valence-corrected chi connectivity index (χ3v) is 4.73. The monoisotopic (exact) mass is 374 g/mol. The van der Waals surface area contributed by atoms with Crippen molar-refractivity contribution in [2.24, 2.45) is 0 Å². The molecule has 0 radical (unpaired) electrons. The summed E-state index contributed by atoms with van der Waals surface area (Å²) in [6, 6.07) is 7.95. The van der Waals surface area contributed by atoms with E-state index in [1.54, 1.807) is 6.92 Å². The predicted molar refractivity (Wildman–Crippen MR) is 102 cm³/mol. The van der Waals surface area contributed by atoms with Crippen molar-refractivity contribution >= 4 is 0 Å². The SMILES string of the molecule is Cc1nnc(CN(C)Cc2ccccc2OC[C@@H](O)CN2CCCCC2)o1. The zero-order chi connectivity index (χ0) is 19.1. The molecular weight excluding hydrogens is 344 g/mol. The van der Waals surface area contributed by atoms with Gasteiger partial charge < -0.3 is 19.2 Å². The summed E-state index contributed by atoms with van der Waals surface area (Å²) in [5.41, 5.74) is 1.07. The van der Waals surface area contributed by atoms with Gasteiger partial charge in [-0.1, -0.05) is 24.6 Å². The number of aromatic nitrogens is 2. The van der Waals surface area contributed by atoms with Crippen molar-refractivity contribution in [2.75, 3.05) is 33.3 Å². The number of aryl methyl sites for hydroxylation is 1. The molecule has 7 heteroatoms. The maximum atomic E-state index is 10.3. The van der Waals surface area contributed by atoms with Crippen LogP contribution in [0.1, 0.15) is 36.6 Å². The minimum Gasteiger partial charge on any atom is -0.491 e. The Bertz CT molecular complexity index is 700. The van der Waals surface area contributed by atoms with Gasteiger partial charge in [0.1, 0.15) is 18.5 Å². The first-order chi connectivity index (χ1) is 13.1. The highest BCUT2D eigenvalue weighted by atomic mass is 16.5. The number of aliphatic hydroxyl groups excluding tert-OH is 1. The van der Waals surface area contributed by atoms with Gasteiger partial charge in [0, 0.05) is 25.6 Å². The molecule has 7 nitrogen and oxygen atoms in total. The molecule has 1 fully saturated rings. The summed E-state index contributed by atoms with van der Waals surface area (Å²) in [6.45, 7) is 6.20. The van der Waals surface area contributed by atoms with Crippen LogP contribution >= 0.6 is 0 Å². The van der Waals surface area contributed by atoms with Crippen LogP contribution < -0.4 is 4.74 Å². The van der Waals surface area contributed by atoms with Gasteiger partial charge >= 0.3 is 0 Å². The van der Waals surface area contributed by atoms with Crippen LogP contribution in [0, 0.1) is 6.92 Å². The van der Waals surface area contributed by atoms with Crippen LogP contribution in [0.2, 0.25) is 0 Å². The van der Waals surface area contributed by atoms with Crippen molar-refractivity contribution in [1.82, 2.24) is 20.0 Å². The second kappa shape index (κ2) is 9.82. The Balaban J connectivity index is 1.50. The Labute approximate surface area is 160 Å². The number of benzene rings is 1. The van der Waals surface area contributed by atoms with Gasteiger partial charge in [0.15, 0.2) is 0 Å². The van der Waals surface area contributed by atoms with Crippen molar-refractivity contribution < 1.29 is 14.3 Å². The van der Waals surface area contributed by atoms with Gasteiger partial charge in [0.05, 0.1) is 6.54 Å². The van der Waals surface area contributed by atoms with Crippen molar-refractivity contribution in [3.8, 4) is 5.75 Å². The largest absolute Gasteiger partial charge is 0.491 e. The molecule has 1 aliphatic rings. The molecule has 0 aliphatic carbocycles. The van der Waals surface area contributed by atoms with E-state index in [2.05, 4.69) is 20.0 Å². The van der Waals surface area contributed by atoms with Crippen LogP contribution in [0.4, 0.5) is 0 Å². The lowest BCUT2D eigenvalue weighted by atomic mass is 10.1. The van der Waals surface area contributed by atoms with E-state index in [0.717, 1.165) is 24.4 Å². The second-order valence-corrected chi connectivity index (χ2v) is 7.32. The smallest absolute Gasteiger partial charge is 0.230 e. The van der Waals surface area contributed by atoms with Crippen LogP contribution in [0.15, 0.2) is 28.7 Å². The summed E-state index contributed by atoms with van der Waals surface area (Å²) >= 11 is 0. The molecule has 1 aromatic heterocycles. The van der Waals surface area contributed by atoms with E-state index in [-0.39, 0.29) is 0 Å². The van der Waals surface area contributed by atoms with Gasteiger partial charge in [-0.15, -0.1) is 10.2 Å². The van der Waals surface area contributed by atoms with E-state index in [4.69, 9.17) is 9.15 Å². The molecule has 27 heavy (non-hydrogen) atoms. The van der Waals surface area contributed by atoms with Crippen molar-refractivity contribution in [3.63, 3.8) is 0 Å². The average molecular weight is 374 g/mol. The molecule has 2 aromatic rings. The summed E-state index contributed by atoms with van der Waals surface area (Å²) in [6.07, 6.45) is 3.27. The number of rotatable bonds is 9. The Hall–Kier alpha value is -1.96. The summed E-state index contributed by atoms with van der Waals surface area (Å²) in [5.74, 6) is 1.99. The van der Waals surface area contributed by atoms with Crippen LogP contribution in [-0.2, 0) is 13.1 Å². The fourth-order valence-corrected chi connectivity index (χ4v) is 3.43. The number of likely N-dealkylation sites (tertiary alicyclic amines) is 1. The van der Waals surface area contributed by atoms with Crippen LogP contribution in [0.3, 0.4) is 0 Å². The molecule has 1 atom stereocenters. The molecule has 0 saturated carbocycles. The fourth-order valence-electron chi connectivity index (χ4n) is 3.43. The Kier molecular flexibility index (Phi) is 7.20. The zero-order valence-electron chi connectivity index (χ0n) is 16.3. The number of β-amino-alcohol motifs (C(OH)–C–C–N with tert-alkyl or cyclic N) is 1. The maximum absolute atomic E-state index is 10.3. The van der Waals surface area contributed by atoms with Crippen molar-refractivity contribution in [1.29, 1.82) is 0 Å². The molecule has 0 unspecified atom stereocenters. The molecule has 0 amide bonds. The summed E-state index contributed by atoms with van der Waals surface area (Å²) in [4.78, 5) is 4.42. The van der Waals surface area contributed by atoms with Crippen LogP contribution in [-0.4, -0.2) is 64.5 Å². The molecule has 148 valence electrons. The van der Waals surface area contributed by atoms with E-state index in [0.29, 0.717) is 38.0 Å². The molecule has 1 aliphatic heterocycles. The number of nitrogens with zero attached hydrogens (tertiary/aromatic N) is 4. The summed E-state index contributed by atoms with van der Waals surface area (Å²) < 4.78 is 11.4. The number of ether oxygens (including phenoxy) is 1. The quantitative estimate of drug-likeness (QED) is 0.721. The lowest BCUT2D eigenvalue weighted by Crippen LogP contribution is -2.38. The van der Waals surface area contributed by atoms with Crippen LogP contribution in [0.5, 0.6) is 5.75 Å². The molecule has 2 heterocycles. The average Bonchev–Trinajstić information content (AvgIpc) is 3.06. The number of hydrogen-bond acceptors (Lipinski definition) is 7. The summed E-state index contributed by atoms with van der Waals surface area (Å²) in [5, 5.41) is 18.2. The number of hydrogen-bond donors (Lipinski definition) is 1. The van der Waals surface area contributed by atoms with Gasteiger partial charge in [0.25, 0.3) is 0 Å². The predicted octanol–water partition coefficient (Wildman–Crippen LogP) is 2.24. The minimum atomic E-state index is -0.477. The van der Waals surface area contributed by atoms with Gasteiger partial charge in [-0.2, -0.15) is 0 Å². The van der Waals surface area contributed by atoms with Gasteiger partial charge in [-0.05, 0) is 39.0 Å². The number of aliphatic hydroxyl groups is 1. The molecule has 3 rings (SSSR count). The molecular formula is C20H30N4O3. The normalized spacial score (nSPS) is 16.6. The van der Waals surface area contributed by atoms with Crippen molar-refractivity contribution in [2.45, 2.75) is 45.4 Å². The topological polar surface area (TPSA) is 74.9 Å². The minimum absolute atomic E-state index is 0.306. The van der Waals surface area contributed by atoms with Gasteiger partial charge in [-0.25, -0.2) is 0 Å². The molecule has 0 spiro atoms. The molecule has 1 N–H and O–H groups in total. The molecule has 1 saturated heterocycles. The van der Waals surface area contributed by atoms with E-state index in [9.17, 15) is 5.11 Å². The third kappa shape index (κ3) is 6.30. The Morgan fingerprint density at radius 2 is 1.96 bits per heavy atom. The van der Waals surface area contributed by atoms with Gasteiger partial charge in [-0.3, -0.25) is 4.90 Å². The Morgan fingerprint density at radius 1 is 1.19 bits per heavy atom. The number of piperidine rings is 1. The van der Waals surface area contributed by atoms with E-state index in [1.807, 2.05) is 31.3 Å². The third-order valence-electron chi connectivity index (χ3n) is 4.73. The lowest BCUT2D eigenvalue weighted by molar-refractivity contribution is 0.0611. The molecule has 1 aromatic carbocycles. The highest BCUT2D eigenvalue weighted by Gasteiger charge is 2.16. The Morgan fingerprint density at radius 3 is 2.70 bits per heavy atom. The van der Waals surface area contributed by atoms with Crippen LogP contribution in [0.25, 0.3) is 0 Å². The maximum Gasteiger partial charge on any atom is 0.230 e. The first-order valence-electron chi connectivity index (χ1n) is 9.69. The van der Waals surface area contributed by atoms with E-state index in [1.165, 1.54) is 19.3 Å². The van der Waals surface area contributed by atoms with Crippen molar-refractivity contribution in [3.05, 3.63) is 41.6 Å². The van der Waals surface area contributed by atoms with Gasteiger partial charge in [0.2, 0.25) is 11.8 Å². The lowest BCUT2D eigenvalue weighted by Gasteiger charge is -2.28. The highest BCUT2D eigenvalue weighted by molar-refractivity contribution is 5.33. The standard InChI is InChI=1S/C20H30N4O3/c1-16-21-22-20(27-16)14-23(2)12-17-8-4-5-9-19(17)26-15-18(25)13-24-10-6-3-7-11-24/h4-5,8-9,18,25H,3,6-7,10-15H2,1-2H3/t18-/m0/s1. The second-order valence-electron chi connectivity index (χ2n) is 7.32. The summed E-state index contributed by atoms with van der Waals surface area (Å²) in [7, 11) is 2.00. The first kappa shape index (κ1) is 19.8. The molecule has 0 bridgehead atoms. The van der Waals surface area contributed by atoms with E-state index < -0.39 is 6.10 Å².